The molecule has 0 spiro atoms. The van der Waals surface area contributed by atoms with E-state index in [1.165, 1.54) is 32.4 Å². The summed E-state index contributed by atoms with van der Waals surface area (Å²) in [5, 5.41) is 0.0110. The summed E-state index contributed by atoms with van der Waals surface area (Å²) in [6, 6.07) is 20.6. The van der Waals surface area contributed by atoms with E-state index in [4.69, 9.17) is 21.1 Å². The number of nitrogens with zero attached hydrogens (tertiary/aromatic N) is 8. The van der Waals surface area contributed by atoms with E-state index in [2.05, 4.69) is 76.5 Å². The second-order valence-corrected chi connectivity index (χ2v) is 17.0. The molecule has 18 heteroatoms. The molecule has 2 aromatic carbocycles. The zero-order valence-corrected chi connectivity index (χ0v) is 36.9. The number of anilines is 1. The molecule has 2 fully saturated rings. The average molecular weight is 983 g/mol. The number of alkyl halides is 3. The van der Waals surface area contributed by atoms with Crippen molar-refractivity contribution in [2.45, 2.75) is 25.4 Å². The van der Waals surface area contributed by atoms with Gasteiger partial charge in [0.25, 0.3) is 0 Å². The molecule has 0 unspecified atom stereocenters. The van der Waals surface area contributed by atoms with Gasteiger partial charge >= 0.3 is 6.18 Å². The lowest BCUT2D eigenvalue weighted by molar-refractivity contribution is -0.137. The number of H-pyrrole nitrogens is 2. The zero-order valence-electron chi connectivity index (χ0n) is 32.9. The molecule has 7 aromatic rings. The highest BCUT2D eigenvalue weighted by atomic mass is 79.9. The largest absolute Gasteiger partial charge is 0.492 e. The molecule has 2 N–H and O–H groups in total. The number of hydrogen-bond donors (Lipinski definition) is 2. The van der Waals surface area contributed by atoms with Gasteiger partial charge in [0, 0.05) is 77.9 Å². The Kier molecular flexibility index (Phi) is 13.7. The van der Waals surface area contributed by atoms with E-state index in [1.54, 1.807) is 12.4 Å². The molecule has 0 atom stereocenters. The molecule has 318 valence electrons. The van der Waals surface area contributed by atoms with Gasteiger partial charge in [-0.25, -0.2) is 24.9 Å². The van der Waals surface area contributed by atoms with Gasteiger partial charge in [0.1, 0.15) is 53.2 Å². The fourth-order valence-electron chi connectivity index (χ4n) is 7.20. The highest BCUT2D eigenvalue weighted by molar-refractivity contribution is 9.10. The van der Waals surface area contributed by atoms with E-state index in [9.17, 15) is 13.2 Å². The standard InChI is InChI=1S/C24H21BrClF3N6O.C19H21BrN4O/c25-17-12-20-22(30-14-17)33-21(32-20)15-1-3-18(4-2-15)36-10-9-34-5-7-35(8-6-34)23-19(26)11-16(13-31-23)24(27,28)29;20-15-12-17-19(21-13-15)23-18(22-17)14-4-6-16(7-5-14)25-11-10-24-8-2-1-3-9-24/h1-4,11-14H,5-10H2,(H,30,32,33);4-7,12-13H,1-3,8-11H2,(H,21,22,23). The summed E-state index contributed by atoms with van der Waals surface area (Å²) in [6.07, 6.45) is 3.86. The van der Waals surface area contributed by atoms with Crippen LogP contribution >= 0.6 is 43.5 Å². The molecule has 0 bridgehead atoms. The van der Waals surface area contributed by atoms with Crippen LogP contribution in [0.15, 0.2) is 94.3 Å². The van der Waals surface area contributed by atoms with Crippen molar-refractivity contribution in [3.05, 3.63) is 105 Å². The number of imidazole rings is 2. The summed E-state index contributed by atoms with van der Waals surface area (Å²) in [6.45, 7) is 8.11. The molecule has 2 saturated heterocycles. The van der Waals surface area contributed by atoms with Crippen LogP contribution in [0.5, 0.6) is 11.5 Å². The number of benzene rings is 2. The summed E-state index contributed by atoms with van der Waals surface area (Å²) in [5.74, 6) is 3.60. The SMILES string of the molecule is Brc1cnc2[nH]c(-c3ccc(OCCN4CCCCC4)cc3)nc2c1.FC(F)(F)c1cnc(N2CCN(CCOc3ccc(-c4nc5cc(Br)cnc5[nH]4)cc3)CC2)c(Cl)c1. The lowest BCUT2D eigenvalue weighted by atomic mass is 10.1. The fourth-order valence-corrected chi connectivity index (χ4v) is 8.13. The third-order valence-electron chi connectivity index (χ3n) is 10.5. The van der Waals surface area contributed by atoms with E-state index in [0.29, 0.717) is 25.5 Å². The molecular formula is C43H42Br2ClF3N10O2. The Morgan fingerprint density at radius 1 is 0.623 bits per heavy atom. The number of hydrogen-bond acceptors (Lipinski definition) is 10. The number of rotatable bonds is 11. The molecule has 0 aliphatic carbocycles. The molecular weight excluding hydrogens is 941 g/mol. The van der Waals surface area contributed by atoms with Crippen LogP contribution in [-0.4, -0.2) is 110 Å². The van der Waals surface area contributed by atoms with E-state index in [0.717, 1.165) is 111 Å². The smallest absolute Gasteiger partial charge is 0.417 e. The number of nitrogens with one attached hydrogen (secondary N) is 2. The third kappa shape index (κ3) is 11.2. The van der Waals surface area contributed by atoms with E-state index < -0.39 is 11.7 Å². The van der Waals surface area contributed by atoms with Crippen molar-refractivity contribution < 1.29 is 22.6 Å². The minimum atomic E-state index is -4.46. The van der Waals surface area contributed by atoms with Gasteiger partial charge in [-0.2, -0.15) is 13.2 Å². The molecule has 0 amide bonds. The van der Waals surface area contributed by atoms with Crippen molar-refractivity contribution in [2.24, 2.45) is 0 Å². The predicted molar refractivity (Wildman–Crippen MR) is 238 cm³/mol. The van der Waals surface area contributed by atoms with Crippen LogP contribution in [0, 0.1) is 0 Å². The molecule has 0 radical (unpaired) electrons. The van der Waals surface area contributed by atoms with Gasteiger partial charge in [-0.15, -0.1) is 0 Å². The average Bonchev–Trinajstić information content (AvgIpc) is 3.89. The van der Waals surface area contributed by atoms with Gasteiger partial charge in [-0.3, -0.25) is 9.80 Å². The Balaban J connectivity index is 0.000000180. The van der Waals surface area contributed by atoms with Crippen LogP contribution < -0.4 is 14.4 Å². The predicted octanol–water partition coefficient (Wildman–Crippen LogP) is 9.91. The lowest BCUT2D eigenvalue weighted by Crippen LogP contribution is -2.47. The molecule has 7 heterocycles. The van der Waals surface area contributed by atoms with Gasteiger partial charge < -0.3 is 24.3 Å². The maximum absolute atomic E-state index is 12.8. The molecule has 2 aliphatic heterocycles. The number of likely N-dealkylation sites (tertiary alicyclic amines) is 1. The lowest BCUT2D eigenvalue weighted by Gasteiger charge is -2.35. The van der Waals surface area contributed by atoms with Crippen LogP contribution in [-0.2, 0) is 6.18 Å². The van der Waals surface area contributed by atoms with Crippen LogP contribution in [0.4, 0.5) is 19.0 Å². The summed E-state index contributed by atoms with van der Waals surface area (Å²) < 4.78 is 52.1. The zero-order chi connectivity index (χ0) is 42.3. The number of aromatic nitrogens is 7. The molecule has 5 aromatic heterocycles. The quantitative estimate of drug-likeness (QED) is 0.130. The Morgan fingerprint density at radius 3 is 1.59 bits per heavy atom. The molecule has 0 saturated carbocycles. The minimum absolute atomic E-state index is 0.0110. The van der Waals surface area contributed by atoms with Crippen molar-refractivity contribution in [3.8, 4) is 34.3 Å². The number of piperazine rings is 1. The first kappa shape index (κ1) is 42.9. The van der Waals surface area contributed by atoms with Gasteiger partial charge in [0.05, 0.1) is 10.6 Å². The van der Waals surface area contributed by atoms with E-state index in [1.807, 2.05) is 65.6 Å². The normalized spacial score (nSPS) is 15.2. The highest BCUT2D eigenvalue weighted by Gasteiger charge is 2.32. The van der Waals surface area contributed by atoms with Crippen LogP contribution in [0.25, 0.3) is 45.1 Å². The number of fused-ring (bicyclic) bond motifs is 2. The maximum atomic E-state index is 12.8. The molecule has 2 aliphatic rings. The Morgan fingerprint density at radius 2 is 1.11 bits per heavy atom. The van der Waals surface area contributed by atoms with Gasteiger partial charge in [0.2, 0.25) is 0 Å². The molecule has 61 heavy (non-hydrogen) atoms. The number of halogens is 6. The molecule has 9 rings (SSSR count). The topological polar surface area (TPSA) is 124 Å². The van der Waals surface area contributed by atoms with Gasteiger partial charge in [-0.05, 0) is 125 Å². The summed E-state index contributed by atoms with van der Waals surface area (Å²) >= 11 is 12.9. The van der Waals surface area contributed by atoms with Crippen molar-refractivity contribution >= 4 is 71.6 Å². The van der Waals surface area contributed by atoms with Crippen molar-refractivity contribution in [3.63, 3.8) is 0 Å². The monoisotopic (exact) mass is 980 g/mol. The van der Waals surface area contributed by atoms with Crippen molar-refractivity contribution in [1.82, 2.24) is 44.7 Å². The Bertz CT molecular complexity index is 2540. The first-order valence-electron chi connectivity index (χ1n) is 20.0. The second-order valence-electron chi connectivity index (χ2n) is 14.7. The van der Waals surface area contributed by atoms with Gasteiger partial charge in [0.15, 0.2) is 11.3 Å². The summed E-state index contributed by atoms with van der Waals surface area (Å²) in [5.41, 5.74) is 4.27. The Labute approximate surface area is 372 Å². The first-order chi connectivity index (χ1) is 29.5. The number of aromatic amines is 2. The maximum Gasteiger partial charge on any atom is 0.417 e. The first-order valence-corrected chi connectivity index (χ1v) is 21.9. The van der Waals surface area contributed by atoms with E-state index >= 15 is 0 Å². The fraction of sp³-hybridized carbons (Fsp3) is 0.326. The number of pyridine rings is 3. The number of piperidine rings is 1. The second kappa shape index (κ2) is 19.5. The number of ether oxygens (including phenoxy) is 2. The van der Waals surface area contributed by atoms with Crippen molar-refractivity contribution in [1.29, 1.82) is 0 Å². The summed E-state index contributed by atoms with van der Waals surface area (Å²) in [7, 11) is 0. The van der Waals surface area contributed by atoms with Crippen LogP contribution in [0.3, 0.4) is 0 Å². The van der Waals surface area contributed by atoms with Crippen LogP contribution in [0.1, 0.15) is 24.8 Å². The highest BCUT2D eigenvalue weighted by Crippen LogP contribution is 2.34. The van der Waals surface area contributed by atoms with Gasteiger partial charge in [-0.1, -0.05) is 18.0 Å². The van der Waals surface area contributed by atoms with Crippen LogP contribution in [0.2, 0.25) is 5.02 Å². The van der Waals surface area contributed by atoms with E-state index in [-0.39, 0.29) is 5.02 Å². The van der Waals surface area contributed by atoms with Crippen molar-refractivity contribution in [2.75, 3.05) is 70.5 Å². The Hall–Kier alpha value is -4.81. The minimum Gasteiger partial charge on any atom is -0.492 e. The summed E-state index contributed by atoms with van der Waals surface area (Å²) in [4.78, 5) is 34.9. The third-order valence-corrected chi connectivity index (χ3v) is 11.6. The molecule has 12 nitrogen and oxygen atoms in total.